The average Bonchev–Trinajstić information content (AvgIpc) is 3.48. The molecule has 9 heteroatoms. The van der Waals surface area contributed by atoms with Crippen molar-refractivity contribution < 1.29 is 4.79 Å². The number of benzene rings is 1. The van der Waals surface area contributed by atoms with Crippen LogP contribution in [0.1, 0.15) is 74.7 Å². The molecule has 4 unspecified atom stereocenters. The quantitative estimate of drug-likeness (QED) is 0.395. The Hall–Kier alpha value is -3.85. The molecule has 0 spiro atoms. The van der Waals surface area contributed by atoms with Gasteiger partial charge in [-0.3, -0.25) is 15.0 Å². The molecule has 1 saturated heterocycles. The summed E-state index contributed by atoms with van der Waals surface area (Å²) in [4.78, 5) is 25.5. The number of aromatic nitrogens is 6. The Morgan fingerprint density at radius 3 is 2.62 bits per heavy atom. The molecule has 2 aliphatic carbocycles. The van der Waals surface area contributed by atoms with Gasteiger partial charge in [0, 0.05) is 36.2 Å². The van der Waals surface area contributed by atoms with Gasteiger partial charge in [0.2, 0.25) is 5.91 Å². The number of pyridine rings is 1. The molecule has 4 aromatic rings. The van der Waals surface area contributed by atoms with Gasteiger partial charge in [0.1, 0.15) is 17.8 Å². The number of carbonyl (C=O) groups excluding carboxylic acids is 1. The minimum absolute atomic E-state index is 0.119. The highest BCUT2D eigenvalue weighted by Crippen LogP contribution is 2.46. The smallest absolute Gasteiger partial charge is 0.234 e. The molecule has 4 atom stereocenters. The van der Waals surface area contributed by atoms with Crippen LogP contribution in [-0.4, -0.2) is 47.9 Å². The molecule has 3 aliphatic rings. The van der Waals surface area contributed by atoms with Crippen LogP contribution in [0.25, 0.3) is 11.5 Å². The van der Waals surface area contributed by atoms with Crippen molar-refractivity contribution in [2.75, 3.05) is 11.6 Å². The minimum atomic E-state index is -0.139. The summed E-state index contributed by atoms with van der Waals surface area (Å²) in [5.41, 5.74) is 3.22. The summed E-state index contributed by atoms with van der Waals surface area (Å²) in [5.74, 6) is 2.25. The number of amides is 1. The van der Waals surface area contributed by atoms with E-state index < -0.39 is 0 Å². The molecule has 2 saturated carbocycles. The highest BCUT2D eigenvalue weighted by molar-refractivity contribution is 5.95. The number of nitrogens with zero attached hydrogens (tertiary/aromatic N) is 7. The Labute approximate surface area is 228 Å². The molecule has 1 amide bonds. The standard InChI is InChI=1S/C30H34N8O/c1-19(2)37-18-33-35-29(37)24-9-6-10-28(34-24)38-17-32-25-13-22(20-7-4-3-5-8-20)27(14-23(25)30(38)39)36-15-26(31-16-36)21-11-12-21/h3-10,15-16,18-19,21-23,25,27,32H,11-14,17H2,1-2H3. The van der Waals surface area contributed by atoms with E-state index in [1.807, 2.05) is 29.1 Å². The van der Waals surface area contributed by atoms with Crippen molar-refractivity contribution >= 4 is 11.7 Å². The fourth-order valence-corrected chi connectivity index (χ4v) is 6.38. The number of carbonyl (C=O) groups is 1. The van der Waals surface area contributed by atoms with Crippen molar-refractivity contribution in [3.63, 3.8) is 0 Å². The highest BCUT2D eigenvalue weighted by atomic mass is 16.2. The van der Waals surface area contributed by atoms with Gasteiger partial charge in [-0.25, -0.2) is 9.97 Å². The van der Waals surface area contributed by atoms with Gasteiger partial charge in [0.25, 0.3) is 0 Å². The van der Waals surface area contributed by atoms with Crippen LogP contribution >= 0.6 is 0 Å². The number of nitrogens with one attached hydrogen (secondary N) is 1. The second-order valence-electron chi connectivity index (χ2n) is 11.5. The van der Waals surface area contributed by atoms with Crippen LogP contribution in [0.2, 0.25) is 0 Å². The van der Waals surface area contributed by atoms with Gasteiger partial charge in [0.05, 0.1) is 24.6 Å². The SMILES string of the molecule is CC(C)n1cnnc1-c1cccc(N2CNC3CC(c4ccccc4)C(n4cnc(C5CC5)c4)CC3C2=O)n1. The summed E-state index contributed by atoms with van der Waals surface area (Å²) >= 11 is 0. The fraction of sp³-hybridized carbons (Fsp3) is 0.433. The van der Waals surface area contributed by atoms with E-state index in [1.165, 1.54) is 24.1 Å². The number of imidazole rings is 1. The van der Waals surface area contributed by atoms with Crippen LogP contribution in [0.5, 0.6) is 0 Å². The molecule has 4 heterocycles. The maximum atomic E-state index is 14.1. The van der Waals surface area contributed by atoms with Crippen LogP contribution in [0.15, 0.2) is 67.4 Å². The summed E-state index contributed by atoms with van der Waals surface area (Å²) in [6.45, 7) is 4.62. The van der Waals surface area contributed by atoms with Crippen molar-refractivity contribution in [2.45, 2.75) is 69.5 Å². The van der Waals surface area contributed by atoms with Gasteiger partial charge < -0.3 is 9.13 Å². The Balaban J connectivity index is 1.18. The lowest BCUT2D eigenvalue weighted by molar-refractivity contribution is -0.126. The normalized spacial score (nSPS) is 25.2. The second kappa shape index (κ2) is 9.72. The first-order chi connectivity index (χ1) is 19.1. The van der Waals surface area contributed by atoms with Gasteiger partial charge in [-0.2, -0.15) is 0 Å². The third kappa shape index (κ3) is 4.44. The van der Waals surface area contributed by atoms with E-state index in [0.29, 0.717) is 35.8 Å². The Kier molecular flexibility index (Phi) is 6.03. The number of rotatable bonds is 6. The Morgan fingerprint density at radius 1 is 0.974 bits per heavy atom. The van der Waals surface area contributed by atoms with Gasteiger partial charge >= 0.3 is 0 Å². The molecule has 1 aliphatic heterocycles. The maximum absolute atomic E-state index is 14.1. The summed E-state index contributed by atoms with van der Waals surface area (Å²) < 4.78 is 4.28. The molecule has 3 aromatic heterocycles. The van der Waals surface area contributed by atoms with Crippen molar-refractivity contribution in [1.29, 1.82) is 0 Å². The van der Waals surface area contributed by atoms with E-state index in [1.54, 1.807) is 11.2 Å². The van der Waals surface area contributed by atoms with E-state index in [2.05, 4.69) is 70.5 Å². The maximum Gasteiger partial charge on any atom is 0.234 e. The third-order valence-electron chi connectivity index (χ3n) is 8.65. The molecule has 0 radical (unpaired) electrons. The molecule has 1 N–H and O–H groups in total. The zero-order valence-corrected chi connectivity index (χ0v) is 22.4. The number of fused-ring (bicyclic) bond motifs is 1. The first kappa shape index (κ1) is 24.2. The highest BCUT2D eigenvalue weighted by Gasteiger charge is 2.46. The zero-order chi connectivity index (χ0) is 26.5. The summed E-state index contributed by atoms with van der Waals surface area (Å²) in [6, 6.07) is 17.0. The largest absolute Gasteiger partial charge is 0.333 e. The predicted octanol–water partition coefficient (Wildman–Crippen LogP) is 4.69. The van der Waals surface area contributed by atoms with E-state index >= 15 is 0 Å². The number of anilines is 1. The van der Waals surface area contributed by atoms with Gasteiger partial charge in [-0.05, 0) is 57.2 Å². The molecule has 0 bridgehead atoms. The Morgan fingerprint density at radius 2 is 1.82 bits per heavy atom. The summed E-state index contributed by atoms with van der Waals surface area (Å²) in [6.07, 6.45) is 10.1. The lowest BCUT2D eigenvalue weighted by Gasteiger charge is -2.46. The van der Waals surface area contributed by atoms with Crippen LogP contribution < -0.4 is 10.2 Å². The van der Waals surface area contributed by atoms with Crippen LogP contribution in [-0.2, 0) is 4.79 Å². The lowest BCUT2D eigenvalue weighted by atomic mass is 9.71. The second-order valence-corrected chi connectivity index (χ2v) is 11.5. The monoisotopic (exact) mass is 522 g/mol. The van der Waals surface area contributed by atoms with E-state index in [9.17, 15) is 4.79 Å². The van der Waals surface area contributed by atoms with Crippen LogP contribution in [0.4, 0.5) is 5.82 Å². The van der Waals surface area contributed by atoms with Gasteiger partial charge in [-0.15, -0.1) is 10.2 Å². The fourth-order valence-electron chi connectivity index (χ4n) is 6.38. The van der Waals surface area contributed by atoms with E-state index in [0.717, 1.165) is 12.8 Å². The van der Waals surface area contributed by atoms with E-state index in [4.69, 9.17) is 9.97 Å². The Bertz CT molecular complexity index is 1470. The lowest BCUT2D eigenvalue weighted by Crippen LogP contribution is -2.60. The minimum Gasteiger partial charge on any atom is -0.333 e. The molecule has 3 fully saturated rings. The first-order valence-electron chi connectivity index (χ1n) is 14.1. The van der Waals surface area contributed by atoms with Gasteiger partial charge in [-0.1, -0.05) is 36.4 Å². The first-order valence-corrected chi connectivity index (χ1v) is 14.1. The molecule has 39 heavy (non-hydrogen) atoms. The topological polar surface area (TPSA) is 93.8 Å². The molecular weight excluding hydrogens is 488 g/mol. The average molecular weight is 523 g/mol. The number of hydrogen-bond donors (Lipinski definition) is 1. The summed E-state index contributed by atoms with van der Waals surface area (Å²) in [5, 5.41) is 12.1. The van der Waals surface area contributed by atoms with Crippen LogP contribution in [0, 0.1) is 5.92 Å². The van der Waals surface area contributed by atoms with Gasteiger partial charge in [0.15, 0.2) is 5.82 Å². The van der Waals surface area contributed by atoms with Crippen molar-refractivity contribution in [3.8, 4) is 11.5 Å². The molecular formula is C30H34N8O. The molecule has 7 rings (SSSR count). The van der Waals surface area contributed by atoms with E-state index in [-0.39, 0.29) is 30.0 Å². The van der Waals surface area contributed by atoms with Crippen molar-refractivity contribution in [1.82, 2.24) is 34.6 Å². The van der Waals surface area contributed by atoms with Crippen LogP contribution in [0.3, 0.4) is 0 Å². The zero-order valence-electron chi connectivity index (χ0n) is 22.4. The third-order valence-corrected chi connectivity index (χ3v) is 8.65. The summed E-state index contributed by atoms with van der Waals surface area (Å²) in [7, 11) is 0. The number of hydrogen-bond acceptors (Lipinski definition) is 6. The van der Waals surface area contributed by atoms with Crippen molar-refractivity contribution in [2.24, 2.45) is 5.92 Å². The van der Waals surface area contributed by atoms with Crippen molar-refractivity contribution in [3.05, 3.63) is 78.6 Å². The predicted molar refractivity (Wildman–Crippen MR) is 148 cm³/mol. The molecule has 9 nitrogen and oxygen atoms in total. The molecule has 1 aromatic carbocycles. The molecule has 200 valence electrons.